The Kier molecular flexibility index (Phi) is 5.58. The van der Waals surface area contributed by atoms with Gasteiger partial charge in [-0.2, -0.15) is 0 Å². The minimum Gasteiger partial charge on any atom is -0.354 e. The van der Waals surface area contributed by atoms with Gasteiger partial charge in [0.05, 0.1) is 10.7 Å². The third-order valence-electron chi connectivity index (χ3n) is 2.26. The number of carbonyl (C=O) groups excluding carboxylic acids is 1. The SMILES string of the molecule is Cc1nc(C)c(CNCCC(=O)NC(C)C)s1. The summed E-state index contributed by atoms with van der Waals surface area (Å²) in [4.78, 5) is 17.0. The number of aryl methyl sites for hydroxylation is 2. The van der Waals surface area contributed by atoms with Gasteiger partial charge in [0, 0.05) is 30.4 Å². The van der Waals surface area contributed by atoms with E-state index < -0.39 is 0 Å². The van der Waals surface area contributed by atoms with Gasteiger partial charge in [-0.05, 0) is 27.7 Å². The van der Waals surface area contributed by atoms with E-state index in [4.69, 9.17) is 0 Å². The third kappa shape index (κ3) is 5.28. The van der Waals surface area contributed by atoms with Gasteiger partial charge in [-0.15, -0.1) is 11.3 Å². The molecule has 0 fully saturated rings. The normalized spacial score (nSPS) is 10.9. The zero-order chi connectivity index (χ0) is 12.8. The summed E-state index contributed by atoms with van der Waals surface area (Å²) < 4.78 is 0. The van der Waals surface area contributed by atoms with Gasteiger partial charge in [0.2, 0.25) is 5.91 Å². The lowest BCUT2D eigenvalue weighted by Crippen LogP contribution is -2.32. The molecule has 1 heterocycles. The summed E-state index contributed by atoms with van der Waals surface area (Å²) in [6.45, 7) is 9.47. The van der Waals surface area contributed by atoms with Crippen LogP contribution in [0.25, 0.3) is 0 Å². The van der Waals surface area contributed by atoms with Crippen molar-refractivity contribution in [2.24, 2.45) is 0 Å². The Morgan fingerprint density at radius 1 is 1.41 bits per heavy atom. The van der Waals surface area contributed by atoms with Gasteiger partial charge in [0.1, 0.15) is 0 Å². The van der Waals surface area contributed by atoms with E-state index in [9.17, 15) is 4.79 Å². The van der Waals surface area contributed by atoms with Crippen LogP contribution >= 0.6 is 11.3 Å². The average Bonchev–Trinajstić information content (AvgIpc) is 2.51. The van der Waals surface area contributed by atoms with Gasteiger partial charge >= 0.3 is 0 Å². The molecule has 0 saturated heterocycles. The van der Waals surface area contributed by atoms with Crippen molar-refractivity contribution in [3.63, 3.8) is 0 Å². The van der Waals surface area contributed by atoms with Crippen LogP contribution in [-0.2, 0) is 11.3 Å². The largest absolute Gasteiger partial charge is 0.354 e. The number of aromatic nitrogens is 1. The van der Waals surface area contributed by atoms with Crippen molar-refractivity contribution in [2.75, 3.05) is 6.54 Å². The smallest absolute Gasteiger partial charge is 0.221 e. The molecule has 17 heavy (non-hydrogen) atoms. The molecular formula is C12H21N3OS. The topological polar surface area (TPSA) is 54.0 Å². The lowest BCUT2D eigenvalue weighted by atomic mass is 10.3. The molecule has 1 amide bonds. The Balaban J connectivity index is 2.20. The average molecular weight is 255 g/mol. The Bertz CT molecular complexity index is 374. The number of amides is 1. The molecule has 0 saturated carbocycles. The fourth-order valence-electron chi connectivity index (χ4n) is 1.54. The number of thiazole rings is 1. The molecular weight excluding hydrogens is 234 g/mol. The Morgan fingerprint density at radius 2 is 2.12 bits per heavy atom. The lowest BCUT2D eigenvalue weighted by Gasteiger charge is -2.08. The van der Waals surface area contributed by atoms with E-state index in [-0.39, 0.29) is 11.9 Å². The first kappa shape index (κ1) is 14.1. The molecule has 5 heteroatoms. The number of rotatable bonds is 6. The molecule has 0 aliphatic heterocycles. The van der Waals surface area contributed by atoms with Gasteiger partial charge < -0.3 is 10.6 Å². The Morgan fingerprint density at radius 3 is 2.65 bits per heavy atom. The second-order valence-corrected chi connectivity index (χ2v) is 5.68. The predicted octanol–water partition coefficient (Wildman–Crippen LogP) is 1.76. The third-order valence-corrected chi connectivity index (χ3v) is 3.34. The monoisotopic (exact) mass is 255 g/mol. The molecule has 0 bridgehead atoms. The molecule has 0 aromatic carbocycles. The Hall–Kier alpha value is -0.940. The maximum absolute atomic E-state index is 11.4. The van der Waals surface area contributed by atoms with Crippen molar-refractivity contribution >= 4 is 17.2 Å². The molecule has 0 aliphatic rings. The Labute approximate surface area is 107 Å². The van der Waals surface area contributed by atoms with Crippen LogP contribution in [0.2, 0.25) is 0 Å². The summed E-state index contributed by atoms with van der Waals surface area (Å²) in [6, 6.07) is 0.217. The highest BCUT2D eigenvalue weighted by atomic mass is 32.1. The minimum atomic E-state index is 0.102. The summed E-state index contributed by atoms with van der Waals surface area (Å²) in [7, 11) is 0. The summed E-state index contributed by atoms with van der Waals surface area (Å²) in [6.07, 6.45) is 0.523. The van der Waals surface area contributed by atoms with Crippen LogP contribution in [0.4, 0.5) is 0 Å². The van der Waals surface area contributed by atoms with Crippen molar-refractivity contribution in [1.29, 1.82) is 0 Å². The molecule has 1 aromatic heterocycles. The van der Waals surface area contributed by atoms with Crippen LogP contribution in [0.1, 0.15) is 35.8 Å². The van der Waals surface area contributed by atoms with Crippen LogP contribution in [0.3, 0.4) is 0 Å². The standard InChI is InChI=1S/C12H21N3OS/c1-8(2)14-12(16)5-6-13-7-11-9(3)15-10(4)17-11/h8,13H,5-7H2,1-4H3,(H,14,16). The highest BCUT2D eigenvalue weighted by Crippen LogP contribution is 2.16. The van der Waals surface area contributed by atoms with Crippen LogP contribution in [0.15, 0.2) is 0 Å². The molecule has 1 rings (SSSR count). The predicted molar refractivity (Wildman–Crippen MR) is 71.2 cm³/mol. The number of carbonyl (C=O) groups is 1. The van der Waals surface area contributed by atoms with Gasteiger partial charge in [0.25, 0.3) is 0 Å². The number of nitrogens with one attached hydrogen (secondary N) is 2. The fourth-order valence-corrected chi connectivity index (χ4v) is 2.44. The van der Waals surface area contributed by atoms with E-state index in [1.165, 1.54) is 4.88 Å². The van der Waals surface area contributed by atoms with Crippen molar-refractivity contribution < 1.29 is 4.79 Å². The highest BCUT2D eigenvalue weighted by molar-refractivity contribution is 7.11. The minimum absolute atomic E-state index is 0.102. The summed E-state index contributed by atoms with van der Waals surface area (Å²) in [5.74, 6) is 0.102. The molecule has 0 atom stereocenters. The lowest BCUT2D eigenvalue weighted by molar-refractivity contribution is -0.121. The molecule has 0 radical (unpaired) electrons. The molecule has 0 aliphatic carbocycles. The maximum Gasteiger partial charge on any atom is 0.221 e. The van der Waals surface area contributed by atoms with E-state index in [1.54, 1.807) is 11.3 Å². The molecule has 96 valence electrons. The second kappa shape index (κ2) is 6.71. The van der Waals surface area contributed by atoms with Gasteiger partial charge in [-0.1, -0.05) is 0 Å². The molecule has 0 unspecified atom stereocenters. The van der Waals surface area contributed by atoms with E-state index >= 15 is 0 Å². The molecule has 4 nitrogen and oxygen atoms in total. The van der Waals surface area contributed by atoms with Crippen molar-refractivity contribution in [3.05, 3.63) is 15.6 Å². The quantitative estimate of drug-likeness (QED) is 0.762. The summed E-state index contributed by atoms with van der Waals surface area (Å²) in [5.41, 5.74) is 1.09. The zero-order valence-electron chi connectivity index (χ0n) is 11.0. The molecule has 1 aromatic rings. The van der Waals surface area contributed by atoms with Crippen molar-refractivity contribution in [3.8, 4) is 0 Å². The van der Waals surface area contributed by atoms with Crippen LogP contribution in [-0.4, -0.2) is 23.5 Å². The highest BCUT2D eigenvalue weighted by Gasteiger charge is 2.05. The van der Waals surface area contributed by atoms with Gasteiger partial charge in [-0.3, -0.25) is 4.79 Å². The second-order valence-electron chi connectivity index (χ2n) is 4.39. The fraction of sp³-hybridized carbons (Fsp3) is 0.667. The van der Waals surface area contributed by atoms with E-state index in [1.807, 2.05) is 27.7 Å². The van der Waals surface area contributed by atoms with Crippen LogP contribution in [0.5, 0.6) is 0 Å². The van der Waals surface area contributed by atoms with Crippen LogP contribution < -0.4 is 10.6 Å². The first-order valence-electron chi connectivity index (χ1n) is 5.92. The van der Waals surface area contributed by atoms with E-state index in [2.05, 4.69) is 15.6 Å². The number of nitrogens with zero attached hydrogens (tertiary/aromatic N) is 1. The summed E-state index contributed by atoms with van der Waals surface area (Å²) in [5, 5.41) is 7.23. The molecule has 2 N–H and O–H groups in total. The zero-order valence-corrected chi connectivity index (χ0v) is 11.8. The van der Waals surface area contributed by atoms with Gasteiger partial charge in [0.15, 0.2) is 0 Å². The number of hydrogen-bond donors (Lipinski definition) is 2. The van der Waals surface area contributed by atoms with Crippen molar-refractivity contribution in [1.82, 2.24) is 15.6 Å². The van der Waals surface area contributed by atoms with Crippen molar-refractivity contribution in [2.45, 2.75) is 46.7 Å². The summed E-state index contributed by atoms with van der Waals surface area (Å²) >= 11 is 1.71. The number of hydrogen-bond acceptors (Lipinski definition) is 4. The van der Waals surface area contributed by atoms with Crippen LogP contribution in [0, 0.1) is 13.8 Å². The first-order chi connectivity index (χ1) is 7.99. The first-order valence-corrected chi connectivity index (χ1v) is 6.73. The maximum atomic E-state index is 11.4. The molecule has 0 spiro atoms. The van der Waals surface area contributed by atoms with E-state index in [0.29, 0.717) is 13.0 Å². The van der Waals surface area contributed by atoms with Gasteiger partial charge in [-0.25, -0.2) is 4.98 Å². The van der Waals surface area contributed by atoms with E-state index in [0.717, 1.165) is 17.2 Å².